The molecule has 168 valence electrons. The molecule has 0 aliphatic carbocycles. The fourth-order valence-electron chi connectivity index (χ4n) is 2.73. The highest BCUT2D eigenvalue weighted by atomic mass is 35.5. The number of pyridine rings is 1. The normalized spacial score (nSPS) is 11.0. The summed E-state index contributed by atoms with van der Waals surface area (Å²) in [4.78, 5) is 26.5. The number of ether oxygens (including phenoxy) is 3. The molecule has 1 aromatic heterocycles. The Hall–Kier alpha value is -3.55. The van der Waals surface area contributed by atoms with Crippen LogP contribution in [0.2, 0.25) is 10.0 Å². The van der Waals surface area contributed by atoms with Gasteiger partial charge in [-0.3, -0.25) is 5.43 Å². The van der Waals surface area contributed by atoms with E-state index in [0.29, 0.717) is 11.6 Å². The van der Waals surface area contributed by atoms with Gasteiger partial charge in [-0.25, -0.2) is 14.6 Å². The van der Waals surface area contributed by atoms with Crippen LogP contribution in [0.4, 0.5) is 10.5 Å². The van der Waals surface area contributed by atoms with Crippen molar-refractivity contribution in [1.29, 1.82) is 5.26 Å². The van der Waals surface area contributed by atoms with Crippen molar-refractivity contribution in [2.75, 3.05) is 12.5 Å². The van der Waals surface area contributed by atoms with E-state index in [9.17, 15) is 9.59 Å². The van der Waals surface area contributed by atoms with Crippen LogP contribution in [-0.4, -0.2) is 29.9 Å². The quantitative estimate of drug-likeness (QED) is 0.254. The molecule has 32 heavy (non-hydrogen) atoms. The SMILES string of the molecule is COc1ncc(Oc2c(Cl)cc(NN=C(C#N)C(=O)OC(N)=O)cc2Cl)c(C)c1C(C)C. The minimum absolute atomic E-state index is 0.120. The Morgan fingerprint density at radius 1 is 1.28 bits per heavy atom. The molecule has 0 radical (unpaired) electrons. The lowest BCUT2D eigenvalue weighted by Gasteiger charge is -2.18. The molecule has 3 N–H and O–H groups in total. The zero-order valence-corrected chi connectivity index (χ0v) is 19.0. The first-order valence-electron chi connectivity index (χ1n) is 9.04. The van der Waals surface area contributed by atoms with Crippen LogP contribution in [0, 0.1) is 18.3 Å². The summed E-state index contributed by atoms with van der Waals surface area (Å²) in [5.74, 6) is -0.0676. The summed E-state index contributed by atoms with van der Waals surface area (Å²) >= 11 is 12.6. The zero-order chi connectivity index (χ0) is 24.0. The third-order valence-electron chi connectivity index (χ3n) is 4.07. The second-order valence-corrected chi connectivity index (χ2v) is 7.40. The van der Waals surface area contributed by atoms with E-state index in [-0.39, 0.29) is 27.4 Å². The Morgan fingerprint density at radius 2 is 1.91 bits per heavy atom. The maximum absolute atomic E-state index is 11.5. The molecule has 0 bridgehead atoms. The summed E-state index contributed by atoms with van der Waals surface area (Å²) in [6.45, 7) is 5.88. The molecule has 1 heterocycles. The number of nitriles is 1. The average Bonchev–Trinajstić information content (AvgIpc) is 2.71. The third-order valence-corrected chi connectivity index (χ3v) is 4.63. The summed E-state index contributed by atoms with van der Waals surface area (Å²) in [6.07, 6.45) is 0.140. The van der Waals surface area contributed by atoms with Gasteiger partial charge in [0.2, 0.25) is 11.6 Å². The van der Waals surface area contributed by atoms with Gasteiger partial charge in [0.25, 0.3) is 0 Å². The number of hydrazone groups is 1. The number of anilines is 1. The van der Waals surface area contributed by atoms with Crippen molar-refractivity contribution in [2.45, 2.75) is 26.7 Å². The van der Waals surface area contributed by atoms with Crippen LogP contribution in [0.1, 0.15) is 30.9 Å². The number of aromatic nitrogens is 1. The van der Waals surface area contributed by atoms with E-state index in [1.807, 2.05) is 20.8 Å². The number of primary amides is 1. The van der Waals surface area contributed by atoms with E-state index in [1.165, 1.54) is 24.4 Å². The van der Waals surface area contributed by atoms with Gasteiger partial charge in [0.05, 0.1) is 29.0 Å². The lowest BCUT2D eigenvalue weighted by Crippen LogP contribution is -2.24. The number of hydrogen-bond acceptors (Lipinski definition) is 9. The zero-order valence-electron chi connectivity index (χ0n) is 17.5. The number of carbonyl (C=O) groups excluding carboxylic acids is 2. The van der Waals surface area contributed by atoms with Gasteiger partial charge in [-0.15, -0.1) is 0 Å². The van der Waals surface area contributed by atoms with Gasteiger partial charge in [-0.05, 0) is 25.0 Å². The highest BCUT2D eigenvalue weighted by Crippen LogP contribution is 2.41. The van der Waals surface area contributed by atoms with Crippen molar-refractivity contribution < 1.29 is 23.8 Å². The van der Waals surface area contributed by atoms with E-state index in [1.54, 1.807) is 7.11 Å². The lowest BCUT2D eigenvalue weighted by atomic mass is 9.99. The van der Waals surface area contributed by atoms with Crippen LogP contribution < -0.4 is 20.6 Å². The maximum Gasteiger partial charge on any atom is 0.412 e. The molecule has 0 atom stereocenters. The number of nitrogens with zero attached hydrogens (tertiary/aromatic N) is 3. The van der Waals surface area contributed by atoms with Gasteiger partial charge in [0, 0.05) is 11.1 Å². The third kappa shape index (κ3) is 5.78. The van der Waals surface area contributed by atoms with Crippen molar-refractivity contribution in [1.82, 2.24) is 4.98 Å². The van der Waals surface area contributed by atoms with Crippen LogP contribution in [-0.2, 0) is 9.53 Å². The number of nitrogens with one attached hydrogen (secondary N) is 1. The van der Waals surface area contributed by atoms with E-state index < -0.39 is 17.8 Å². The van der Waals surface area contributed by atoms with Crippen molar-refractivity contribution in [3.05, 3.63) is 39.5 Å². The van der Waals surface area contributed by atoms with E-state index >= 15 is 0 Å². The second kappa shape index (κ2) is 10.7. The molecular formula is C20H19Cl2N5O5. The molecular weight excluding hydrogens is 461 g/mol. The van der Waals surface area contributed by atoms with Crippen LogP contribution in [0.25, 0.3) is 0 Å². The van der Waals surface area contributed by atoms with E-state index in [2.05, 4.69) is 20.2 Å². The Kier molecular flexibility index (Phi) is 8.23. The molecule has 10 nitrogen and oxygen atoms in total. The standard InChI is InChI=1S/C20H19Cl2N5O5/c1-9(2)16-10(3)15(8-25-18(16)30-4)31-17-12(21)5-11(6-13(17)22)26-27-14(7-23)19(28)32-20(24)29/h5-6,8-9,26H,1-4H3,(H2,24,29). The molecule has 0 fully saturated rings. The Balaban J connectivity index is 2.32. The summed E-state index contributed by atoms with van der Waals surface area (Å²) in [7, 11) is 1.54. The van der Waals surface area contributed by atoms with Crippen molar-refractivity contribution in [3.63, 3.8) is 0 Å². The number of rotatable bonds is 7. The minimum Gasteiger partial charge on any atom is -0.481 e. The number of halogens is 2. The largest absolute Gasteiger partial charge is 0.481 e. The minimum atomic E-state index is -1.37. The van der Waals surface area contributed by atoms with Crippen LogP contribution in [0.3, 0.4) is 0 Å². The Bertz CT molecular complexity index is 1110. The van der Waals surface area contributed by atoms with Gasteiger partial charge in [-0.2, -0.15) is 10.4 Å². The maximum atomic E-state index is 11.5. The first-order chi connectivity index (χ1) is 15.1. The highest BCUT2D eigenvalue weighted by molar-refractivity contribution is 6.44. The summed E-state index contributed by atoms with van der Waals surface area (Å²) in [6, 6.07) is 4.30. The second-order valence-electron chi connectivity index (χ2n) is 6.59. The molecule has 2 aromatic rings. The number of methoxy groups -OCH3 is 1. The first-order valence-corrected chi connectivity index (χ1v) is 9.80. The van der Waals surface area contributed by atoms with Crippen molar-refractivity contribution in [3.8, 4) is 23.4 Å². The number of amides is 1. The van der Waals surface area contributed by atoms with E-state index in [0.717, 1.165) is 11.1 Å². The van der Waals surface area contributed by atoms with Crippen LogP contribution in [0.5, 0.6) is 17.4 Å². The predicted molar refractivity (Wildman–Crippen MR) is 118 cm³/mol. The van der Waals surface area contributed by atoms with Crippen LogP contribution >= 0.6 is 23.2 Å². The van der Waals surface area contributed by atoms with Crippen LogP contribution in [0.15, 0.2) is 23.4 Å². The van der Waals surface area contributed by atoms with Gasteiger partial charge >= 0.3 is 12.1 Å². The monoisotopic (exact) mass is 479 g/mol. The Labute approximate surface area is 193 Å². The molecule has 0 spiro atoms. The topological polar surface area (TPSA) is 149 Å². The average molecular weight is 480 g/mol. The Morgan fingerprint density at radius 3 is 2.41 bits per heavy atom. The molecule has 0 unspecified atom stereocenters. The number of nitrogens with two attached hydrogens (primary N) is 1. The fourth-order valence-corrected chi connectivity index (χ4v) is 3.29. The summed E-state index contributed by atoms with van der Waals surface area (Å²) < 4.78 is 15.3. The molecule has 1 amide bonds. The summed E-state index contributed by atoms with van der Waals surface area (Å²) in [5.41, 5.74) is 8.37. The van der Waals surface area contributed by atoms with Crippen molar-refractivity contribution >= 4 is 46.7 Å². The number of carbonyl (C=O) groups is 2. The fraction of sp³-hybridized carbons (Fsp3) is 0.250. The van der Waals surface area contributed by atoms with E-state index in [4.69, 9.17) is 43.7 Å². The lowest BCUT2D eigenvalue weighted by molar-refractivity contribution is -0.129. The first kappa shape index (κ1) is 24.7. The van der Waals surface area contributed by atoms with Gasteiger partial charge in [0.1, 0.15) is 11.8 Å². The van der Waals surface area contributed by atoms with Crippen molar-refractivity contribution in [2.24, 2.45) is 10.8 Å². The number of esters is 1. The molecule has 1 aromatic carbocycles. The highest BCUT2D eigenvalue weighted by Gasteiger charge is 2.19. The predicted octanol–water partition coefficient (Wildman–Crippen LogP) is 4.53. The molecule has 12 heteroatoms. The molecule has 0 saturated heterocycles. The number of benzene rings is 1. The van der Waals surface area contributed by atoms with Gasteiger partial charge < -0.3 is 19.9 Å². The van der Waals surface area contributed by atoms with Gasteiger partial charge in [0.15, 0.2) is 5.75 Å². The molecule has 0 saturated carbocycles. The van der Waals surface area contributed by atoms with Gasteiger partial charge in [-0.1, -0.05) is 37.0 Å². The summed E-state index contributed by atoms with van der Waals surface area (Å²) in [5, 5.41) is 12.8. The molecule has 0 aliphatic rings. The smallest absolute Gasteiger partial charge is 0.412 e. The number of hydrogen-bond donors (Lipinski definition) is 2. The molecule has 2 rings (SSSR count). The molecule has 0 aliphatic heterocycles.